The maximum atomic E-state index is 11.2. The summed E-state index contributed by atoms with van der Waals surface area (Å²) in [6.45, 7) is 0.742. The largest absolute Gasteiger partial charge is 0.374 e. The molecule has 3 aliphatic rings. The number of rotatable bonds is 2. The molecule has 1 aliphatic heterocycles. The van der Waals surface area contributed by atoms with Gasteiger partial charge in [0.2, 0.25) is 9.05 Å². The summed E-state index contributed by atoms with van der Waals surface area (Å²) in [6, 6.07) is 0. The second-order valence-corrected chi connectivity index (χ2v) is 7.68. The Morgan fingerprint density at radius 1 is 1.43 bits per heavy atom. The Morgan fingerprint density at radius 3 is 2.57 bits per heavy atom. The van der Waals surface area contributed by atoms with E-state index in [0.717, 1.165) is 32.3 Å². The molecule has 0 aromatic carbocycles. The van der Waals surface area contributed by atoms with Crippen LogP contribution < -0.4 is 0 Å². The SMILES string of the molecule is O=S(=O)(Cl)CC12CC1COC21CCC1. The zero-order valence-electron chi connectivity index (χ0n) is 7.83. The Labute approximate surface area is 88.2 Å². The van der Waals surface area contributed by atoms with Crippen LogP contribution in [-0.4, -0.2) is 26.4 Å². The van der Waals surface area contributed by atoms with Gasteiger partial charge in [-0.2, -0.15) is 0 Å². The van der Waals surface area contributed by atoms with Crippen LogP contribution in [0.3, 0.4) is 0 Å². The highest BCUT2D eigenvalue weighted by molar-refractivity contribution is 8.13. The molecular weight excluding hydrogens is 224 g/mol. The molecule has 1 heterocycles. The van der Waals surface area contributed by atoms with Crippen molar-refractivity contribution in [2.75, 3.05) is 12.4 Å². The zero-order chi connectivity index (χ0) is 10.0. The summed E-state index contributed by atoms with van der Waals surface area (Å²) >= 11 is 0. The molecular formula is C9H13ClO3S. The third-order valence-corrected chi connectivity index (χ3v) is 5.48. The molecule has 0 radical (unpaired) electrons. The molecule has 3 fully saturated rings. The normalized spacial score (nSPS) is 43.4. The number of hydrogen-bond donors (Lipinski definition) is 0. The van der Waals surface area contributed by atoms with Crippen molar-refractivity contribution in [3.8, 4) is 0 Å². The highest BCUT2D eigenvalue weighted by Crippen LogP contribution is 2.71. The minimum Gasteiger partial charge on any atom is -0.374 e. The average Bonchev–Trinajstić information content (AvgIpc) is 2.51. The first kappa shape index (κ1) is 9.43. The summed E-state index contributed by atoms with van der Waals surface area (Å²) in [7, 11) is 1.98. The second kappa shape index (κ2) is 2.47. The molecule has 0 aromatic heterocycles. The third kappa shape index (κ3) is 1.05. The van der Waals surface area contributed by atoms with Gasteiger partial charge in [0.1, 0.15) is 0 Å². The molecule has 80 valence electrons. The summed E-state index contributed by atoms with van der Waals surface area (Å²) in [4.78, 5) is 0. The monoisotopic (exact) mass is 236 g/mol. The summed E-state index contributed by atoms with van der Waals surface area (Å²) in [5.41, 5.74) is -0.217. The maximum Gasteiger partial charge on any atom is 0.233 e. The summed E-state index contributed by atoms with van der Waals surface area (Å²) in [6.07, 6.45) is 4.21. The summed E-state index contributed by atoms with van der Waals surface area (Å²) < 4.78 is 28.1. The van der Waals surface area contributed by atoms with Gasteiger partial charge >= 0.3 is 0 Å². The van der Waals surface area contributed by atoms with E-state index in [2.05, 4.69) is 0 Å². The van der Waals surface area contributed by atoms with Crippen LogP contribution in [0, 0.1) is 11.3 Å². The quantitative estimate of drug-likeness (QED) is 0.683. The van der Waals surface area contributed by atoms with Crippen LogP contribution in [0.4, 0.5) is 0 Å². The van der Waals surface area contributed by atoms with Gasteiger partial charge < -0.3 is 4.74 Å². The summed E-state index contributed by atoms with van der Waals surface area (Å²) in [5.74, 6) is 0.572. The van der Waals surface area contributed by atoms with E-state index >= 15 is 0 Å². The fraction of sp³-hybridized carbons (Fsp3) is 1.00. The first-order valence-corrected chi connectivity index (χ1v) is 7.52. The van der Waals surface area contributed by atoms with Gasteiger partial charge in [-0.15, -0.1) is 0 Å². The molecule has 1 spiro atoms. The van der Waals surface area contributed by atoms with Crippen molar-refractivity contribution in [1.82, 2.24) is 0 Å². The van der Waals surface area contributed by atoms with E-state index in [-0.39, 0.29) is 16.8 Å². The van der Waals surface area contributed by atoms with Crippen molar-refractivity contribution in [3.63, 3.8) is 0 Å². The molecule has 0 amide bonds. The van der Waals surface area contributed by atoms with E-state index in [4.69, 9.17) is 15.4 Å². The van der Waals surface area contributed by atoms with Gasteiger partial charge in [0.15, 0.2) is 0 Å². The summed E-state index contributed by atoms with van der Waals surface area (Å²) in [5, 5.41) is 0. The van der Waals surface area contributed by atoms with E-state index in [0.29, 0.717) is 5.92 Å². The maximum absolute atomic E-state index is 11.2. The van der Waals surface area contributed by atoms with Crippen LogP contribution in [-0.2, 0) is 13.8 Å². The van der Waals surface area contributed by atoms with Crippen LogP contribution in [0.5, 0.6) is 0 Å². The van der Waals surface area contributed by atoms with Crippen molar-refractivity contribution in [3.05, 3.63) is 0 Å². The Hall–Kier alpha value is 0.200. The van der Waals surface area contributed by atoms with Crippen LogP contribution in [0.15, 0.2) is 0 Å². The van der Waals surface area contributed by atoms with Crippen LogP contribution in [0.2, 0.25) is 0 Å². The Bertz CT molecular complexity index is 374. The number of fused-ring (bicyclic) bond motifs is 2. The standard InChI is InChI=1S/C9H13ClO3S/c10-14(11,12)6-8-4-7(8)5-13-9(8)2-1-3-9/h7H,1-6H2. The fourth-order valence-electron chi connectivity index (χ4n) is 3.32. The molecule has 1 saturated heterocycles. The van der Waals surface area contributed by atoms with Crippen molar-refractivity contribution in [2.45, 2.75) is 31.3 Å². The molecule has 2 aliphatic carbocycles. The van der Waals surface area contributed by atoms with E-state index in [1.165, 1.54) is 0 Å². The number of halogens is 1. The van der Waals surface area contributed by atoms with E-state index < -0.39 is 9.05 Å². The van der Waals surface area contributed by atoms with Gasteiger partial charge in [0.25, 0.3) is 0 Å². The lowest BCUT2D eigenvalue weighted by Gasteiger charge is -2.44. The lowest BCUT2D eigenvalue weighted by molar-refractivity contribution is -0.105. The highest BCUT2D eigenvalue weighted by Gasteiger charge is 2.74. The van der Waals surface area contributed by atoms with E-state index in [1.807, 2.05) is 0 Å². The molecule has 14 heavy (non-hydrogen) atoms. The molecule has 0 aromatic rings. The Morgan fingerprint density at radius 2 is 2.14 bits per heavy atom. The molecule has 0 bridgehead atoms. The number of ether oxygens (including phenoxy) is 1. The van der Waals surface area contributed by atoms with Gasteiger partial charge in [-0.3, -0.25) is 0 Å². The van der Waals surface area contributed by atoms with Crippen LogP contribution in [0.25, 0.3) is 0 Å². The average molecular weight is 237 g/mol. The lowest BCUT2D eigenvalue weighted by atomic mass is 9.69. The molecule has 5 heteroatoms. The van der Waals surface area contributed by atoms with Gasteiger partial charge in [-0.1, -0.05) is 0 Å². The molecule has 3 nitrogen and oxygen atoms in total. The van der Waals surface area contributed by atoms with Crippen molar-refractivity contribution in [1.29, 1.82) is 0 Å². The number of hydrogen-bond acceptors (Lipinski definition) is 3. The third-order valence-electron chi connectivity index (χ3n) is 4.29. The lowest BCUT2D eigenvalue weighted by Crippen LogP contribution is -2.48. The van der Waals surface area contributed by atoms with Crippen molar-refractivity contribution in [2.24, 2.45) is 11.3 Å². The minimum absolute atomic E-state index is 0.105. The van der Waals surface area contributed by atoms with Crippen LogP contribution in [0.1, 0.15) is 25.7 Å². The molecule has 3 rings (SSSR count). The Balaban J connectivity index is 1.90. The van der Waals surface area contributed by atoms with Gasteiger partial charge in [-0.05, 0) is 31.6 Å². The van der Waals surface area contributed by atoms with Crippen LogP contribution >= 0.6 is 10.7 Å². The molecule has 2 unspecified atom stereocenters. The predicted molar refractivity (Wildman–Crippen MR) is 52.7 cm³/mol. The smallest absolute Gasteiger partial charge is 0.233 e. The van der Waals surface area contributed by atoms with E-state index in [1.54, 1.807) is 0 Å². The molecule has 2 atom stereocenters. The highest BCUT2D eigenvalue weighted by atomic mass is 35.7. The second-order valence-electron chi connectivity index (χ2n) is 4.90. The zero-order valence-corrected chi connectivity index (χ0v) is 9.40. The van der Waals surface area contributed by atoms with E-state index in [9.17, 15) is 8.42 Å². The first-order chi connectivity index (χ1) is 6.48. The first-order valence-electron chi connectivity index (χ1n) is 5.04. The topological polar surface area (TPSA) is 43.4 Å². The fourth-order valence-corrected chi connectivity index (χ4v) is 5.13. The van der Waals surface area contributed by atoms with Gasteiger partial charge in [-0.25, -0.2) is 8.42 Å². The molecule has 0 N–H and O–H groups in total. The predicted octanol–water partition coefficient (Wildman–Crippen LogP) is 1.51. The van der Waals surface area contributed by atoms with Crippen molar-refractivity contribution >= 4 is 19.7 Å². The van der Waals surface area contributed by atoms with Gasteiger partial charge in [0.05, 0.1) is 18.0 Å². The van der Waals surface area contributed by atoms with Gasteiger partial charge in [0, 0.05) is 16.1 Å². The Kier molecular flexibility index (Phi) is 1.66. The molecule has 2 saturated carbocycles. The van der Waals surface area contributed by atoms with Crippen molar-refractivity contribution < 1.29 is 13.2 Å². The minimum atomic E-state index is -3.38.